The zero-order valence-corrected chi connectivity index (χ0v) is 9.07. The summed E-state index contributed by atoms with van der Waals surface area (Å²) in [5, 5.41) is 0. The van der Waals surface area contributed by atoms with Gasteiger partial charge < -0.3 is 5.73 Å². The minimum Gasteiger partial charge on any atom is -0.324 e. The number of benzene rings is 1. The number of rotatable bonds is 0. The van der Waals surface area contributed by atoms with Gasteiger partial charge in [-0.2, -0.15) is 0 Å². The van der Waals surface area contributed by atoms with E-state index in [2.05, 4.69) is 15.9 Å². The van der Waals surface area contributed by atoms with Gasteiger partial charge >= 0.3 is 0 Å². The normalized spacial score (nSPS) is 20.7. The van der Waals surface area contributed by atoms with Crippen LogP contribution in [0.1, 0.15) is 30.0 Å². The summed E-state index contributed by atoms with van der Waals surface area (Å²) < 4.78 is 27.2. The summed E-state index contributed by atoms with van der Waals surface area (Å²) in [5.74, 6) is -0.767. The molecule has 1 nitrogen and oxygen atoms in total. The fraction of sp³-hybridized carbons (Fsp3) is 0.400. The molecule has 2 N–H and O–H groups in total. The number of fused-ring (bicyclic) bond motifs is 1. The van der Waals surface area contributed by atoms with Crippen LogP contribution in [0.2, 0.25) is 0 Å². The molecule has 0 radical (unpaired) electrons. The van der Waals surface area contributed by atoms with Crippen LogP contribution in [-0.2, 0) is 6.42 Å². The third-order valence-electron chi connectivity index (χ3n) is 2.63. The molecule has 0 heterocycles. The fourth-order valence-electron chi connectivity index (χ4n) is 1.94. The molecule has 0 amide bonds. The standard InChI is InChI=1S/C10H10BrF2N/c11-6-4-7(12)5-2-1-3-8(14)9(5)10(6)13/h4,8H,1-3,14H2. The lowest BCUT2D eigenvalue weighted by molar-refractivity contribution is 0.489. The highest BCUT2D eigenvalue weighted by molar-refractivity contribution is 9.10. The molecule has 2 rings (SSSR count). The number of hydrogen-bond acceptors (Lipinski definition) is 1. The van der Waals surface area contributed by atoms with Gasteiger partial charge in [0, 0.05) is 11.6 Å². The predicted molar refractivity (Wildman–Crippen MR) is 53.9 cm³/mol. The summed E-state index contributed by atoms with van der Waals surface area (Å²) in [4.78, 5) is 0. The number of hydrogen-bond donors (Lipinski definition) is 1. The maximum absolute atomic E-state index is 13.6. The van der Waals surface area contributed by atoms with E-state index < -0.39 is 5.82 Å². The zero-order chi connectivity index (χ0) is 10.3. The largest absolute Gasteiger partial charge is 0.324 e. The number of halogens is 3. The van der Waals surface area contributed by atoms with Crippen LogP contribution in [0.3, 0.4) is 0 Å². The maximum atomic E-state index is 13.6. The predicted octanol–water partition coefficient (Wildman–Crippen LogP) is 3.06. The van der Waals surface area contributed by atoms with Gasteiger partial charge in [0.25, 0.3) is 0 Å². The van der Waals surface area contributed by atoms with Crippen LogP contribution in [0.5, 0.6) is 0 Å². The second-order valence-corrected chi connectivity index (χ2v) is 4.40. The minimum atomic E-state index is -0.409. The molecule has 1 unspecified atom stereocenters. The number of nitrogens with two attached hydrogens (primary N) is 1. The Balaban J connectivity index is 2.67. The summed E-state index contributed by atoms with van der Waals surface area (Å²) in [5.41, 5.74) is 6.56. The third kappa shape index (κ3) is 1.46. The van der Waals surface area contributed by atoms with E-state index in [4.69, 9.17) is 5.73 Å². The SMILES string of the molecule is NC1CCCc2c(F)cc(Br)c(F)c21. The Labute approximate surface area is 89.4 Å². The second kappa shape index (κ2) is 3.59. The average Bonchev–Trinajstić information content (AvgIpc) is 2.14. The van der Waals surface area contributed by atoms with Gasteiger partial charge in [0.15, 0.2) is 0 Å². The molecule has 4 heteroatoms. The molecule has 0 fully saturated rings. The van der Waals surface area contributed by atoms with Gasteiger partial charge in [-0.05, 0) is 46.8 Å². The Morgan fingerprint density at radius 3 is 2.86 bits per heavy atom. The lowest BCUT2D eigenvalue weighted by Gasteiger charge is -2.23. The van der Waals surface area contributed by atoms with E-state index in [9.17, 15) is 8.78 Å². The van der Waals surface area contributed by atoms with Crippen LogP contribution in [0.15, 0.2) is 10.5 Å². The van der Waals surface area contributed by atoms with E-state index >= 15 is 0 Å². The van der Waals surface area contributed by atoms with Crippen LogP contribution in [0, 0.1) is 11.6 Å². The topological polar surface area (TPSA) is 26.0 Å². The molecule has 0 bridgehead atoms. The first-order valence-corrected chi connectivity index (χ1v) is 5.32. The third-order valence-corrected chi connectivity index (χ3v) is 3.20. The molecule has 0 saturated carbocycles. The molecule has 76 valence electrons. The molecule has 0 aliphatic heterocycles. The smallest absolute Gasteiger partial charge is 0.142 e. The minimum absolute atomic E-state index is 0.158. The molecular formula is C10H10BrF2N. The monoisotopic (exact) mass is 261 g/mol. The van der Waals surface area contributed by atoms with Gasteiger partial charge in [-0.15, -0.1) is 0 Å². The molecular weight excluding hydrogens is 252 g/mol. The highest BCUT2D eigenvalue weighted by atomic mass is 79.9. The molecule has 0 saturated heterocycles. The Hall–Kier alpha value is -0.480. The van der Waals surface area contributed by atoms with E-state index in [1.54, 1.807) is 0 Å². The molecule has 1 aromatic carbocycles. The summed E-state index contributed by atoms with van der Waals surface area (Å²) in [7, 11) is 0. The molecule has 1 atom stereocenters. The second-order valence-electron chi connectivity index (χ2n) is 3.55. The first-order chi connectivity index (χ1) is 6.61. The van der Waals surface area contributed by atoms with Gasteiger partial charge in [-0.1, -0.05) is 0 Å². The van der Waals surface area contributed by atoms with Crippen molar-refractivity contribution in [3.63, 3.8) is 0 Å². The van der Waals surface area contributed by atoms with Crippen molar-refractivity contribution in [3.8, 4) is 0 Å². The van der Waals surface area contributed by atoms with Crippen molar-refractivity contribution in [2.24, 2.45) is 5.73 Å². The van der Waals surface area contributed by atoms with E-state index in [1.165, 1.54) is 6.07 Å². The van der Waals surface area contributed by atoms with Crippen LogP contribution in [0.25, 0.3) is 0 Å². The van der Waals surface area contributed by atoms with Crippen molar-refractivity contribution in [2.45, 2.75) is 25.3 Å². The molecule has 1 aliphatic carbocycles. The first-order valence-electron chi connectivity index (χ1n) is 4.53. The van der Waals surface area contributed by atoms with E-state index in [0.717, 1.165) is 12.8 Å². The van der Waals surface area contributed by atoms with Gasteiger partial charge in [0.1, 0.15) is 11.6 Å². The highest BCUT2D eigenvalue weighted by Crippen LogP contribution is 2.35. The Morgan fingerprint density at radius 2 is 2.14 bits per heavy atom. The maximum Gasteiger partial charge on any atom is 0.142 e. The van der Waals surface area contributed by atoms with Gasteiger partial charge in [-0.25, -0.2) is 8.78 Å². The average molecular weight is 262 g/mol. The highest BCUT2D eigenvalue weighted by Gasteiger charge is 2.25. The van der Waals surface area contributed by atoms with Crippen LogP contribution in [0.4, 0.5) is 8.78 Å². The van der Waals surface area contributed by atoms with Crippen LogP contribution < -0.4 is 5.73 Å². The van der Waals surface area contributed by atoms with Crippen LogP contribution >= 0.6 is 15.9 Å². The summed E-state index contributed by atoms with van der Waals surface area (Å²) in [6.07, 6.45) is 2.13. The molecule has 0 aromatic heterocycles. The van der Waals surface area contributed by atoms with Gasteiger partial charge in [-0.3, -0.25) is 0 Å². The zero-order valence-electron chi connectivity index (χ0n) is 7.49. The fourth-order valence-corrected chi connectivity index (χ4v) is 2.35. The van der Waals surface area contributed by atoms with Crippen LogP contribution in [-0.4, -0.2) is 0 Å². The van der Waals surface area contributed by atoms with Crippen molar-refractivity contribution < 1.29 is 8.78 Å². The lowest BCUT2D eigenvalue weighted by Crippen LogP contribution is -2.20. The molecule has 1 aliphatic rings. The quantitative estimate of drug-likeness (QED) is 0.714. The molecule has 1 aromatic rings. The van der Waals surface area contributed by atoms with E-state index in [0.29, 0.717) is 17.5 Å². The van der Waals surface area contributed by atoms with Crippen molar-refractivity contribution in [1.82, 2.24) is 0 Å². The summed E-state index contributed by atoms with van der Waals surface area (Å²) >= 11 is 2.98. The Kier molecular flexibility index (Phi) is 2.58. The van der Waals surface area contributed by atoms with Crippen molar-refractivity contribution in [3.05, 3.63) is 33.3 Å². The summed E-state index contributed by atoms with van der Waals surface area (Å²) in [6.45, 7) is 0. The van der Waals surface area contributed by atoms with Crippen molar-refractivity contribution in [2.75, 3.05) is 0 Å². The Bertz CT molecular complexity index is 379. The molecule has 0 spiro atoms. The van der Waals surface area contributed by atoms with Crippen molar-refractivity contribution >= 4 is 15.9 Å². The first kappa shape index (κ1) is 10.1. The summed E-state index contributed by atoms with van der Waals surface area (Å²) in [6, 6.07) is 0.803. The van der Waals surface area contributed by atoms with E-state index in [1.807, 2.05) is 0 Å². The lowest BCUT2D eigenvalue weighted by atomic mass is 9.87. The van der Waals surface area contributed by atoms with Crippen molar-refractivity contribution in [1.29, 1.82) is 0 Å². The van der Waals surface area contributed by atoms with E-state index in [-0.39, 0.29) is 16.3 Å². The van der Waals surface area contributed by atoms with Gasteiger partial charge in [0.2, 0.25) is 0 Å². The Morgan fingerprint density at radius 1 is 1.43 bits per heavy atom. The van der Waals surface area contributed by atoms with Gasteiger partial charge in [0.05, 0.1) is 4.47 Å². The molecule has 14 heavy (non-hydrogen) atoms.